The molecule has 1 aromatic carbocycles. The molecule has 1 saturated carbocycles. The van der Waals surface area contributed by atoms with Gasteiger partial charge in [0.2, 0.25) is 0 Å². The first-order chi connectivity index (χ1) is 13.9. The van der Waals surface area contributed by atoms with E-state index in [0.29, 0.717) is 11.8 Å². The monoisotopic (exact) mass is 526 g/mol. The van der Waals surface area contributed by atoms with Gasteiger partial charge in [-0.2, -0.15) is 0 Å². The van der Waals surface area contributed by atoms with E-state index in [4.69, 9.17) is 4.74 Å². The van der Waals surface area contributed by atoms with Crippen LogP contribution in [0.15, 0.2) is 29.3 Å². The minimum atomic E-state index is -0.473. The van der Waals surface area contributed by atoms with Crippen molar-refractivity contribution in [3.8, 4) is 0 Å². The minimum absolute atomic E-state index is 0. The molecule has 3 aliphatic rings. The number of hydrogen-bond donors (Lipinski definition) is 2. The number of ether oxygens (including phenoxy) is 1. The molecule has 7 heteroatoms. The Labute approximate surface area is 197 Å². The molecule has 2 fully saturated rings. The minimum Gasteiger partial charge on any atom is -0.444 e. The van der Waals surface area contributed by atoms with E-state index in [1.807, 2.05) is 27.8 Å². The first kappa shape index (κ1) is 23.2. The van der Waals surface area contributed by atoms with Crippen LogP contribution in [0.3, 0.4) is 0 Å². The van der Waals surface area contributed by atoms with Crippen LogP contribution in [0.2, 0.25) is 0 Å². The van der Waals surface area contributed by atoms with Crippen LogP contribution in [-0.4, -0.2) is 55.3 Å². The number of nitrogens with zero attached hydrogens (tertiary/aromatic N) is 2. The Morgan fingerprint density at radius 1 is 1.27 bits per heavy atom. The summed E-state index contributed by atoms with van der Waals surface area (Å²) in [6.07, 6.45) is 3.08. The largest absolute Gasteiger partial charge is 0.444 e. The van der Waals surface area contributed by atoms with Gasteiger partial charge in [0.15, 0.2) is 5.96 Å². The summed E-state index contributed by atoms with van der Waals surface area (Å²) in [6.45, 7) is 8.27. The molecule has 0 radical (unpaired) electrons. The van der Waals surface area contributed by atoms with Crippen LogP contribution in [0.1, 0.15) is 50.7 Å². The van der Waals surface area contributed by atoms with Crippen LogP contribution < -0.4 is 10.6 Å². The van der Waals surface area contributed by atoms with Crippen molar-refractivity contribution in [3.05, 3.63) is 35.4 Å². The summed E-state index contributed by atoms with van der Waals surface area (Å²) in [6, 6.07) is 9.03. The van der Waals surface area contributed by atoms with Crippen LogP contribution in [0.4, 0.5) is 4.79 Å². The van der Waals surface area contributed by atoms with Crippen molar-refractivity contribution < 1.29 is 9.53 Å². The third-order valence-electron chi connectivity index (χ3n) is 6.41. The topological polar surface area (TPSA) is 66.0 Å². The SMILES string of the molecule is CN=C(NCC1C2CCc3ccccc3C21)N1CC[C@@H](NC(=O)OC(C)(C)C)C1.I. The molecule has 1 amide bonds. The summed E-state index contributed by atoms with van der Waals surface area (Å²) in [5.41, 5.74) is 2.63. The molecule has 3 unspecified atom stereocenters. The summed E-state index contributed by atoms with van der Waals surface area (Å²) in [7, 11) is 1.84. The first-order valence-corrected chi connectivity index (χ1v) is 10.9. The number of aryl methyl sites for hydroxylation is 1. The van der Waals surface area contributed by atoms with E-state index in [1.165, 1.54) is 18.4 Å². The number of likely N-dealkylation sites (tertiary alicyclic amines) is 1. The van der Waals surface area contributed by atoms with E-state index in [9.17, 15) is 4.79 Å². The molecule has 0 aromatic heterocycles. The van der Waals surface area contributed by atoms with Crippen molar-refractivity contribution in [2.45, 2.75) is 57.6 Å². The molecule has 4 atom stereocenters. The van der Waals surface area contributed by atoms with Gasteiger partial charge >= 0.3 is 6.09 Å². The summed E-state index contributed by atoms with van der Waals surface area (Å²) in [4.78, 5) is 18.8. The standard InChI is InChI=1S/C23H34N4O2.HI/c1-23(2,3)29-22(28)26-16-11-12-27(14-16)21(24-4)25-13-19-18-10-9-15-7-5-6-8-17(15)20(18)19;/h5-8,16,18-20H,9-14H2,1-4H3,(H,24,25)(H,26,28);1H/t16-,18?,19?,20?;/m1./s1. The lowest BCUT2D eigenvalue weighted by Gasteiger charge is -2.23. The molecule has 4 rings (SSSR count). The zero-order chi connectivity index (χ0) is 20.6. The molecule has 0 bridgehead atoms. The molecule has 166 valence electrons. The number of nitrogens with one attached hydrogen (secondary N) is 2. The molecule has 1 saturated heterocycles. The second-order valence-electron chi connectivity index (χ2n) is 9.60. The lowest BCUT2D eigenvalue weighted by Crippen LogP contribution is -2.44. The maximum atomic E-state index is 12.0. The molecule has 2 aliphatic carbocycles. The number of hydrogen-bond acceptors (Lipinski definition) is 3. The fraction of sp³-hybridized carbons (Fsp3) is 0.652. The molecule has 2 N–H and O–H groups in total. The van der Waals surface area contributed by atoms with Crippen LogP contribution in [0.5, 0.6) is 0 Å². The van der Waals surface area contributed by atoms with Crippen LogP contribution in [0, 0.1) is 11.8 Å². The number of guanidine groups is 1. The zero-order valence-corrected chi connectivity index (χ0v) is 20.8. The van der Waals surface area contributed by atoms with Crippen molar-refractivity contribution >= 4 is 36.0 Å². The van der Waals surface area contributed by atoms with Gasteiger partial charge in [0, 0.05) is 26.7 Å². The van der Waals surface area contributed by atoms with Gasteiger partial charge in [-0.1, -0.05) is 24.3 Å². The van der Waals surface area contributed by atoms with Crippen LogP contribution >= 0.6 is 24.0 Å². The molecule has 1 aliphatic heterocycles. The normalized spacial score (nSPS) is 27.5. The molecule has 1 heterocycles. The molecular weight excluding hydrogens is 491 g/mol. The Hall–Kier alpha value is -1.51. The number of benzene rings is 1. The van der Waals surface area contributed by atoms with E-state index in [-0.39, 0.29) is 36.1 Å². The third kappa shape index (κ3) is 5.21. The van der Waals surface area contributed by atoms with Crippen LogP contribution in [-0.2, 0) is 11.2 Å². The van der Waals surface area contributed by atoms with Crippen molar-refractivity contribution in [2.24, 2.45) is 16.8 Å². The summed E-state index contributed by atoms with van der Waals surface area (Å²) >= 11 is 0. The van der Waals surface area contributed by atoms with Gasteiger partial charge in [-0.25, -0.2) is 4.79 Å². The highest BCUT2D eigenvalue weighted by Crippen LogP contribution is 2.59. The van der Waals surface area contributed by atoms with Gasteiger partial charge in [0.25, 0.3) is 0 Å². The number of alkyl carbamates (subject to hydrolysis) is 1. The molecular formula is C23H35IN4O2. The van der Waals surface area contributed by atoms with Gasteiger partial charge in [-0.15, -0.1) is 24.0 Å². The van der Waals surface area contributed by atoms with E-state index in [1.54, 1.807) is 5.56 Å². The number of halogens is 1. The van der Waals surface area contributed by atoms with Gasteiger partial charge < -0.3 is 20.3 Å². The quantitative estimate of drug-likeness (QED) is 0.358. The van der Waals surface area contributed by atoms with E-state index < -0.39 is 5.60 Å². The van der Waals surface area contributed by atoms with E-state index in [0.717, 1.165) is 37.9 Å². The van der Waals surface area contributed by atoms with Gasteiger partial charge in [0.05, 0.1) is 6.04 Å². The average Bonchev–Trinajstić information content (AvgIpc) is 3.20. The highest BCUT2D eigenvalue weighted by atomic mass is 127. The Balaban J connectivity index is 0.00000256. The maximum absolute atomic E-state index is 12.0. The zero-order valence-electron chi connectivity index (χ0n) is 18.5. The second kappa shape index (κ2) is 9.32. The number of carbonyl (C=O) groups is 1. The highest BCUT2D eigenvalue weighted by molar-refractivity contribution is 14.0. The number of carbonyl (C=O) groups excluding carboxylic acids is 1. The van der Waals surface area contributed by atoms with Gasteiger partial charge in [-0.05, 0) is 68.9 Å². The van der Waals surface area contributed by atoms with Crippen LogP contribution in [0.25, 0.3) is 0 Å². The molecule has 1 aromatic rings. The smallest absolute Gasteiger partial charge is 0.407 e. The Bertz CT molecular complexity index is 792. The Morgan fingerprint density at radius 3 is 2.77 bits per heavy atom. The lowest BCUT2D eigenvalue weighted by atomic mass is 9.92. The predicted molar refractivity (Wildman–Crippen MR) is 131 cm³/mol. The van der Waals surface area contributed by atoms with Crippen molar-refractivity contribution in [1.29, 1.82) is 0 Å². The number of aliphatic imine (C=N–C) groups is 1. The van der Waals surface area contributed by atoms with E-state index >= 15 is 0 Å². The first-order valence-electron chi connectivity index (χ1n) is 10.9. The predicted octanol–water partition coefficient (Wildman–Crippen LogP) is 3.75. The van der Waals surface area contributed by atoms with Gasteiger partial charge in [-0.3, -0.25) is 4.99 Å². The number of fused-ring (bicyclic) bond motifs is 3. The van der Waals surface area contributed by atoms with Gasteiger partial charge in [0.1, 0.15) is 5.60 Å². The maximum Gasteiger partial charge on any atom is 0.407 e. The summed E-state index contributed by atoms with van der Waals surface area (Å²) in [5, 5.41) is 6.59. The summed E-state index contributed by atoms with van der Waals surface area (Å²) in [5.74, 6) is 3.17. The molecule has 30 heavy (non-hydrogen) atoms. The Kier molecular flexibility index (Phi) is 7.20. The fourth-order valence-electron chi connectivity index (χ4n) is 5.07. The van der Waals surface area contributed by atoms with Crippen molar-refractivity contribution in [1.82, 2.24) is 15.5 Å². The average molecular weight is 526 g/mol. The third-order valence-corrected chi connectivity index (χ3v) is 6.41. The summed E-state index contributed by atoms with van der Waals surface area (Å²) < 4.78 is 5.38. The fourth-order valence-corrected chi connectivity index (χ4v) is 5.07. The number of rotatable bonds is 3. The Morgan fingerprint density at radius 2 is 2.03 bits per heavy atom. The van der Waals surface area contributed by atoms with E-state index in [2.05, 4.69) is 44.8 Å². The molecule has 0 spiro atoms. The molecule has 6 nitrogen and oxygen atoms in total. The van der Waals surface area contributed by atoms with Crippen molar-refractivity contribution in [3.63, 3.8) is 0 Å². The van der Waals surface area contributed by atoms with Crippen molar-refractivity contribution in [2.75, 3.05) is 26.7 Å². The lowest BCUT2D eigenvalue weighted by molar-refractivity contribution is 0.0507. The highest BCUT2D eigenvalue weighted by Gasteiger charge is 2.52. The number of amides is 1. The second-order valence-corrected chi connectivity index (χ2v) is 9.60.